The summed E-state index contributed by atoms with van der Waals surface area (Å²) in [5, 5.41) is 13.8. The van der Waals surface area contributed by atoms with Gasteiger partial charge in [0.05, 0.1) is 23.8 Å². The maximum Gasteiger partial charge on any atom is 0.270 e. The largest absolute Gasteiger partial charge is 0.380 e. The molecule has 1 aliphatic rings. The van der Waals surface area contributed by atoms with Gasteiger partial charge in [-0.05, 0) is 6.07 Å². The lowest BCUT2D eigenvalue weighted by molar-refractivity contribution is -0.385. The van der Waals surface area contributed by atoms with Crippen molar-refractivity contribution in [3.63, 3.8) is 0 Å². The number of morpholine rings is 1. The minimum Gasteiger partial charge on any atom is -0.380 e. The van der Waals surface area contributed by atoms with E-state index in [1.807, 2.05) is 0 Å². The van der Waals surface area contributed by atoms with Crippen LogP contribution in [0, 0.1) is 10.1 Å². The Kier molecular flexibility index (Phi) is 5.11. The van der Waals surface area contributed by atoms with Gasteiger partial charge in [0, 0.05) is 31.8 Å². The molecule has 0 amide bonds. The molecule has 0 aromatic heterocycles. The van der Waals surface area contributed by atoms with Crippen LogP contribution in [-0.2, 0) is 14.8 Å². The number of sulfonamides is 1. The van der Waals surface area contributed by atoms with Crippen molar-refractivity contribution in [2.75, 3.05) is 38.2 Å². The maximum absolute atomic E-state index is 12.7. The second-order valence-electron chi connectivity index (χ2n) is 4.62. The first-order chi connectivity index (χ1) is 10.5. The van der Waals surface area contributed by atoms with Gasteiger partial charge < -0.3 is 10.1 Å². The average Bonchev–Trinajstić information content (AvgIpc) is 2.53. The van der Waals surface area contributed by atoms with Gasteiger partial charge in [0.15, 0.2) is 0 Å². The van der Waals surface area contributed by atoms with Crippen LogP contribution >= 0.6 is 0 Å². The van der Waals surface area contributed by atoms with Crippen molar-refractivity contribution in [1.82, 2.24) is 4.31 Å². The Morgan fingerprint density at radius 3 is 2.68 bits per heavy atom. The number of nitro benzene ring substituents is 1. The highest BCUT2D eigenvalue weighted by Gasteiger charge is 2.30. The Balaban J connectivity index is 2.46. The number of anilines is 1. The summed E-state index contributed by atoms with van der Waals surface area (Å²) in [5.74, 6) is 0. The summed E-state index contributed by atoms with van der Waals surface area (Å²) in [6.45, 7) is 4.98. The normalized spacial score (nSPS) is 16.2. The fourth-order valence-corrected chi connectivity index (χ4v) is 3.69. The Hall–Kier alpha value is -1.97. The van der Waals surface area contributed by atoms with Crippen LogP contribution in [0.4, 0.5) is 11.4 Å². The molecule has 0 bridgehead atoms. The van der Waals surface area contributed by atoms with Gasteiger partial charge in [0.25, 0.3) is 5.69 Å². The van der Waals surface area contributed by atoms with Crippen molar-refractivity contribution in [3.8, 4) is 0 Å². The molecule has 0 spiro atoms. The van der Waals surface area contributed by atoms with E-state index in [1.165, 1.54) is 16.4 Å². The Morgan fingerprint density at radius 1 is 1.41 bits per heavy atom. The summed E-state index contributed by atoms with van der Waals surface area (Å²) in [7, 11) is -3.83. The van der Waals surface area contributed by atoms with Crippen molar-refractivity contribution in [3.05, 3.63) is 41.0 Å². The first-order valence-electron chi connectivity index (χ1n) is 6.68. The predicted molar refractivity (Wildman–Crippen MR) is 81.4 cm³/mol. The Morgan fingerprint density at radius 2 is 2.09 bits per heavy atom. The van der Waals surface area contributed by atoms with Gasteiger partial charge in [-0.3, -0.25) is 10.1 Å². The zero-order chi connectivity index (χ0) is 16.2. The minimum absolute atomic E-state index is 0.106. The standard InChI is InChI=1S/C13H17N3O5S/c1-2-5-14-12-4-3-11(16(17)18)10-13(12)22(19,20)15-6-8-21-9-7-15/h2-4,10,14H,1,5-9H2. The van der Waals surface area contributed by atoms with Crippen LogP contribution in [0.15, 0.2) is 35.7 Å². The molecule has 1 aromatic carbocycles. The second-order valence-corrected chi connectivity index (χ2v) is 6.53. The lowest BCUT2D eigenvalue weighted by atomic mass is 10.3. The summed E-state index contributed by atoms with van der Waals surface area (Å²) >= 11 is 0. The Labute approximate surface area is 128 Å². The van der Waals surface area contributed by atoms with Crippen LogP contribution in [0.5, 0.6) is 0 Å². The maximum atomic E-state index is 12.7. The third-order valence-corrected chi connectivity index (χ3v) is 5.14. The van der Waals surface area contributed by atoms with Gasteiger partial charge in [0.1, 0.15) is 4.90 Å². The molecule has 0 unspecified atom stereocenters. The molecule has 9 heteroatoms. The van der Waals surface area contributed by atoms with Crippen molar-refractivity contribution >= 4 is 21.4 Å². The SMILES string of the molecule is C=CCNc1ccc([N+](=O)[O-])cc1S(=O)(=O)N1CCOCC1. The van der Waals surface area contributed by atoms with E-state index in [9.17, 15) is 18.5 Å². The zero-order valence-corrected chi connectivity index (χ0v) is 12.7. The van der Waals surface area contributed by atoms with Gasteiger partial charge in [0.2, 0.25) is 10.0 Å². The van der Waals surface area contributed by atoms with Crippen LogP contribution < -0.4 is 5.32 Å². The molecule has 1 saturated heterocycles. The molecule has 1 heterocycles. The molecule has 0 atom stereocenters. The van der Waals surface area contributed by atoms with Crippen LogP contribution in [0.2, 0.25) is 0 Å². The molecule has 1 fully saturated rings. The van der Waals surface area contributed by atoms with Crippen molar-refractivity contribution in [2.45, 2.75) is 4.90 Å². The first kappa shape index (κ1) is 16.4. The van der Waals surface area contributed by atoms with E-state index >= 15 is 0 Å². The summed E-state index contributed by atoms with van der Waals surface area (Å²) < 4.78 is 31.9. The molecule has 120 valence electrons. The monoisotopic (exact) mass is 327 g/mol. The molecular formula is C13H17N3O5S. The van der Waals surface area contributed by atoms with Crippen molar-refractivity contribution < 1.29 is 18.1 Å². The fraction of sp³-hybridized carbons (Fsp3) is 0.385. The quantitative estimate of drug-likeness (QED) is 0.479. The van der Waals surface area contributed by atoms with Crippen LogP contribution in [0.25, 0.3) is 0 Å². The van der Waals surface area contributed by atoms with Gasteiger partial charge in [-0.25, -0.2) is 8.42 Å². The molecule has 0 saturated carbocycles. The lowest BCUT2D eigenvalue weighted by Crippen LogP contribution is -2.40. The number of nitrogens with zero attached hydrogens (tertiary/aromatic N) is 2. The van der Waals surface area contributed by atoms with Gasteiger partial charge in [-0.15, -0.1) is 6.58 Å². The highest BCUT2D eigenvalue weighted by atomic mass is 32.2. The number of benzene rings is 1. The third kappa shape index (κ3) is 3.43. The number of ether oxygens (including phenoxy) is 1. The number of nitrogens with one attached hydrogen (secondary N) is 1. The van der Waals surface area contributed by atoms with Gasteiger partial charge >= 0.3 is 0 Å². The van der Waals surface area contributed by atoms with Gasteiger partial charge in [-0.1, -0.05) is 6.08 Å². The van der Waals surface area contributed by atoms with E-state index in [0.29, 0.717) is 25.4 Å². The molecule has 22 heavy (non-hydrogen) atoms. The minimum atomic E-state index is -3.83. The van der Waals surface area contributed by atoms with E-state index in [0.717, 1.165) is 6.07 Å². The highest BCUT2D eigenvalue weighted by molar-refractivity contribution is 7.89. The number of hydrogen-bond donors (Lipinski definition) is 1. The first-order valence-corrected chi connectivity index (χ1v) is 8.12. The predicted octanol–water partition coefficient (Wildman–Crippen LogP) is 1.21. The second kappa shape index (κ2) is 6.86. The topological polar surface area (TPSA) is 102 Å². The smallest absolute Gasteiger partial charge is 0.270 e. The van der Waals surface area contributed by atoms with Crippen LogP contribution in [-0.4, -0.2) is 50.5 Å². The molecule has 8 nitrogen and oxygen atoms in total. The molecule has 0 aliphatic carbocycles. The lowest BCUT2D eigenvalue weighted by Gasteiger charge is -2.26. The fourth-order valence-electron chi connectivity index (χ4n) is 2.09. The number of hydrogen-bond acceptors (Lipinski definition) is 6. The molecule has 1 aromatic rings. The summed E-state index contributed by atoms with van der Waals surface area (Å²) in [6, 6.07) is 3.74. The van der Waals surface area contributed by atoms with Crippen molar-refractivity contribution in [1.29, 1.82) is 0 Å². The van der Waals surface area contributed by atoms with E-state index in [2.05, 4.69) is 11.9 Å². The molecular weight excluding hydrogens is 310 g/mol. The van der Waals surface area contributed by atoms with E-state index in [1.54, 1.807) is 6.08 Å². The zero-order valence-electron chi connectivity index (χ0n) is 11.9. The van der Waals surface area contributed by atoms with Crippen molar-refractivity contribution in [2.24, 2.45) is 0 Å². The molecule has 0 radical (unpaired) electrons. The van der Waals surface area contributed by atoms with Gasteiger partial charge in [-0.2, -0.15) is 4.31 Å². The van der Waals surface area contributed by atoms with E-state index < -0.39 is 14.9 Å². The molecule has 1 N–H and O–H groups in total. The highest BCUT2D eigenvalue weighted by Crippen LogP contribution is 2.29. The number of non-ortho nitro benzene ring substituents is 1. The Bertz CT molecular complexity index is 668. The third-order valence-electron chi connectivity index (χ3n) is 3.20. The van der Waals surface area contributed by atoms with E-state index in [-0.39, 0.29) is 23.7 Å². The molecule has 2 rings (SSSR count). The summed E-state index contributed by atoms with van der Waals surface area (Å²) in [5.41, 5.74) is 0.0491. The average molecular weight is 327 g/mol. The van der Waals surface area contributed by atoms with Crippen LogP contribution in [0.1, 0.15) is 0 Å². The number of rotatable bonds is 6. The van der Waals surface area contributed by atoms with E-state index in [4.69, 9.17) is 4.74 Å². The molecule has 1 aliphatic heterocycles. The summed E-state index contributed by atoms with van der Waals surface area (Å²) in [4.78, 5) is 10.2. The number of nitro groups is 1. The summed E-state index contributed by atoms with van der Waals surface area (Å²) in [6.07, 6.45) is 1.58. The van der Waals surface area contributed by atoms with Crippen LogP contribution in [0.3, 0.4) is 0 Å².